The number of aromatic carboxylic acids is 1. The van der Waals surface area contributed by atoms with Crippen LogP contribution in [-0.4, -0.2) is 17.7 Å². The van der Waals surface area contributed by atoms with Crippen molar-refractivity contribution in [3.05, 3.63) is 29.1 Å². The molecule has 5 heteroatoms. The molecule has 0 saturated carbocycles. The average Bonchev–Trinajstić information content (AvgIpc) is 2.17. The maximum atomic E-state index is 13.4. The van der Waals surface area contributed by atoms with Crippen LogP contribution in [-0.2, 0) is 0 Å². The standard InChI is InChI=1S/C10H10FNO3/c11-6-2-1-5(10(13)14)9-8(6)7(12)3-4-15-9/h1-2,7H,3-4,12H2,(H,13,14)/t7-/m1/s1. The van der Waals surface area contributed by atoms with E-state index in [0.29, 0.717) is 13.0 Å². The molecule has 1 aliphatic heterocycles. The van der Waals surface area contributed by atoms with Gasteiger partial charge < -0.3 is 15.6 Å². The minimum atomic E-state index is -1.14. The van der Waals surface area contributed by atoms with Crippen molar-refractivity contribution in [1.29, 1.82) is 0 Å². The zero-order valence-corrected chi connectivity index (χ0v) is 7.87. The second-order valence-corrected chi connectivity index (χ2v) is 3.39. The molecule has 1 aliphatic rings. The maximum Gasteiger partial charge on any atom is 0.339 e. The Balaban J connectivity index is 2.63. The molecule has 0 aromatic heterocycles. The number of hydrogen-bond acceptors (Lipinski definition) is 3. The van der Waals surface area contributed by atoms with Crippen LogP contribution in [0.1, 0.15) is 28.4 Å². The summed E-state index contributed by atoms with van der Waals surface area (Å²) in [5.41, 5.74) is 5.83. The summed E-state index contributed by atoms with van der Waals surface area (Å²) >= 11 is 0. The molecule has 3 N–H and O–H groups in total. The van der Waals surface area contributed by atoms with Crippen LogP contribution >= 0.6 is 0 Å². The Morgan fingerprint density at radius 3 is 3.00 bits per heavy atom. The van der Waals surface area contributed by atoms with Crippen molar-refractivity contribution in [2.24, 2.45) is 5.73 Å². The predicted octanol–water partition coefficient (Wildman–Crippen LogP) is 1.31. The Hall–Kier alpha value is -1.62. The zero-order chi connectivity index (χ0) is 11.0. The van der Waals surface area contributed by atoms with Crippen LogP contribution in [0.15, 0.2) is 12.1 Å². The molecule has 1 atom stereocenters. The number of carboxylic acid groups (broad SMARTS) is 1. The fraction of sp³-hybridized carbons (Fsp3) is 0.300. The van der Waals surface area contributed by atoms with E-state index < -0.39 is 17.8 Å². The molecule has 0 spiro atoms. The average molecular weight is 211 g/mol. The van der Waals surface area contributed by atoms with Gasteiger partial charge in [-0.1, -0.05) is 0 Å². The first-order valence-corrected chi connectivity index (χ1v) is 4.55. The zero-order valence-electron chi connectivity index (χ0n) is 7.87. The number of carbonyl (C=O) groups is 1. The lowest BCUT2D eigenvalue weighted by Gasteiger charge is -2.24. The first kappa shape index (κ1) is 9.92. The molecule has 0 saturated heterocycles. The third-order valence-electron chi connectivity index (χ3n) is 2.42. The van der Waals surface area contributed by atoms with E-state index in [1.54, 1.807) is 0 Å². The first-order chi connectivity index (χ1) is 7.11. The molecule has 80 valence electrons. The monoisotopic (exact) mass is 211 g/mol. The van der Waals surface area contributed by atoms with Gasteiger partial charge in [-0.3, -0.25) is 0 Å². The molecule has 0 fully saturated rings. The molecule has 4 nitrogen and oxygen atoms in total. The summed E-state index contributed by atoms with van der Waals surface area (Å²) in [6.07, 6.45) is 0.493. The maximum absolute atomic E-state index is 13.4. The Bertz CT molecular complexity index is 419. The van der Waals surface area contributed by atoms with E-state index in [1.807, 2.05) is 0 Å². The van der Waals surface area contributed by atoms with E-state index >= 15 is 0 Å². The van der Waals surface area contributed by atoms with Gasteiger partial charge >= 0.3 is 5.97 Å². The molecule has 1 aromatic carbocycles. The number of nitrogens with two attached hydrogens (primary N) is 1. The van der Waals surface area contributed by atoms with Crippen LogP contribution in [0.25, 0.3) is 0 Å². The summed E-state index contributed by atoms with van der Waals surface area (Å²) in [4.78, 5) is 10.8. The van der Waals surface area contributed by atoms with Gasteiger partial charge in [0.2, 0.25) is 0 Å². The third kappa shape index (κ3) is 1.55. The molecule has 1 aromatic rings. The van der Waals surface area contributed by atoms with Crippen LogP contribution in [0, 0.1) is 5.82 Å². The molecule has 0 bridgehead atoms. The van der Waals surface area contributed by atoms with E-state index in [9.17, 15) is 9.18 Å². The van der Waals surface area contributed by atoms with E-state index in [-0.39, 0.29) is 16.9 Å². The molecule has 1 heterocycles. The first-order valence-electron chi connectivity index (χ1n) is 4.55. The number of hydrogen-bond donors (Lipinski definition) is 2. The van der Waals surface area contributed by atoms with Crippen LogP contribution in [0.3, 0.4) is 0 Å². The van der Waals surface area contributed by atoms with E-state index in [0.717, 1.165) is 6.07 Å². The SMILES string of the molecule is N[C@@H]1CCOc2c(C(=O)O)ccc(F)c21. The van der Waals surface area contributed by atoms with E-state index in [4.69, 9.17) is 15.6 Å². The number of fused-ring (bicyclic) bond motifs is 1. The van der Waals surface area contributed by atoms with Gasteiger partial charge in [0.15, 0.2) is 0 Å². The van der Waals surface area contributed by atoms with Crippen molar-refractivity contribution in [2.45, 2.75) is 12.5 Å². The summed E-state index contributed by atoms with van der Waals surface area (Å²) in [5.74, 6) is -1.58. The topological polar surface area (TPSA) is 72.5 Å². The minimum absolute atomic E-state index is 0.0402. The van der Waals surface area contributed by atoms with Crippen LogP contribution < -0.4 is 10.5 Å². The minimum Gasteiger partial charge on any atom is -0.492 e. The van der Waals surface area contributed by atoms with Gasteiger partial charge in [0.25, 0.3) is 0 Å². The highest BCUT2D eigenvalue weighted by molar-refractivity contribution is 5.91. The lowest BCUT2D eigenvalue weighted by Crippen LogP contribution is -2.23. The van der Waals surface area contributed by atoms with Crippen molar-refractivity contribution in [2.75, 3.05) is 6.61 Å². The fourth-order valence-electron chi connectivity index (χ4n) is 1.68. The number of ether oxygens (including phenoxy) is 1. The van der Waals surface area contributed by atoms with Gasteiger partial charge in [-0.15, -0.1) is 0 Å². The summed E-state index contributed by atoms with van der Waals surface area (Å²) in [5, 5.41) is 8.87. The quantitative estimate of drug-likeness (QED) is 0.734. The van der Waals surface area contributed by atoms with Gasteiger partial charge in [-0.2, -0.15) is 0 Å². The van der Waals surface area contributed by atoms with Crippen molar-refractivity contribution >= 4 is 5.97 Å². The molecule has 0 unspecified atom stereocenters. The van der Waals surface area contributed by atoms with Crippen molar-refractivity contribution < 1.29 is 19.0 Å². The molecule has 0 amide bonds. The predicted molar refractivity (Wildman–Crippen MR) is 50.4 cm³/mol. The number of benzene rings is 1. The molecular formula is C10H10FNO3. The van der Waals surface area contributed by atoms with Crippen LogP contribution in [0.4, 0.5) is 4.39 Å². The second-order valence-electron chi connectivity index (χ2n) is 3.39. The lowest BCUT2D eigenvalue weighted by atomic mass is 9.97. The third-order valence-corrected chi connectivity index (χ3v) is 2.42. The summed E-state index contributed by atoms with van der Waals surface area (Å²) in [6, 6.07) is 1.80. The smallest absolute Gasteiger partial charge is 0.339 e. The van der Waals surface area contributed by atoms with Crippen molar-refractivity contribution in [1.82, 2.24) is 0 Å². The van der Waals surface area contributed by atoms with Gasteiger partial charge in [0, 0.05) is 18.0 Å². The largest absolute Gasteiger partial charge is 0.492 e. The van der Waals surface area contributed by atoms with Crippen molar-refractivity contribution in [3.63, 3.8) is 0 Å². The van der Waals surface area contributed by atoms with Crippen LogP contribution in [0.2, 0.25) is 0 Å². The Morgan fingerprint density at radius 1 is 1.60 bits per heavy atom. The Labute approximate surface area is 85.5 Å². The molecule has 2 rings (SSSR count). The number of rotatable bonds is 1. The highest BCUT2D eigenvalue weighted by Gasteiger charge is 2.26. The number of halogens is 1. The second kappa shape index (κ2) is 3.51. The summed E-state index contributed by atoms with van der Waals surface area (Å²) < 4.78 is 18.6. The van der Waals surface area contributed by atoms with Gasteiger partial charge in [-0.25, -0.2) is 9.18 Å². The highest BCUT2D eigenvalue weighted by atomic mass is 19.1. The van der Waals surface area contributed by atoms with Gasteiger partial charge in [0.05, 0.1) is 6.61 Å². The van der Waals surface area contributed by atoms with Crippen molar-refractivity contribution in [3.8, 4) is 5.75 Å². The van der Waals surface area contributed by atoms with Crippen LogP contribution in [0.5, 0.6) is 5.75 Å². The van der Waals surface area contributed by atoms with Gasteiger partial charge in [-0.05, 0) is 12.1 Å². The Morgan fingerprint density at radius 2 is 2.33 bits per heavy atom. The highest BCUT2D eigenvalue weighted by Crippen LogP contribution is 2.35. The lowest BCUT2D eigenvalue weighted by molar-refractivity contribution is 0.0690. The van der Waals surface area contributed by atoms with E-state index in [2.05, 4.69) is 0 Å². The normalized spacial score (nSPS) is 19.2. The molecule has 0 aliphatic carbocycles. The molecule has 0 radical (unpaired) electrons. The Kier molecular flexibility index (Phi) is 2.32. The summed E-state index contributed by atoms with van der Waals surface area (Å²) in [7, 11) is 0. The molecule has 15 heavy (non-hydrogen) atoms. The number of carboxylic acids is 1. The molecular weight excluding hydrogens is 201 g/mol. The fourth-order valence-corrected chi connectivity index (χ4v) is 1.68. The summed E-state index contributed by atoms with van der Waals surface area (Å²) in [6.45, 7) is 0.317. The van der Waals surface area contributed by atoms with Gasteiger partial charge in [0.1, 0.15) is 17.1 Å². The van der Waals surface area contributed by atoms with E-state index in [1.165, 1.54) is 6.07 Å².